The first-order chi connectivity index (χ1) is 8.11. The molecule has 18 heavy (non-hydrogen) atoms. The topological polar surface area (TPSA) is 28.1 Å². The smallest absolute Gasteiger partial charge is 0.191 e. The van der Waals surface area contributed by atoms with Crippen LogP contribution in [-0.4, -0.2) is 0 Å². The summed E-state index contributed by atoms with van der Waals surface area (Å²) in [4.78, 5) is 3.63. The van der Waals surface area contributed by atoms with E-state index in [-0.39, 0.29) is 10.8 Å². The van der Waals surface area contributed by atoms with E-state index < -0.39 is 0 Å². The van der Waals surface area contributed by atoms with Crippen molar-refractivity contribution in [3.63, 3.8) is 0 Å². The van der Waals surface area contributed by atoms with Gasteiger partial charge in [-0.15, -0.1) is 0 Å². The lowest BCUT2D eigenvalue weighted by atomic mass is 9.78. The number of benzene rings is 1. The maximum atomic E-state index is 9.31. The highest BCUT2D eigenvalue weighted by atomic mass is 14.7. The van der Waals surface area contributed by atoms with Crippen molar-refractivity contribution in [3.05, 3.63) is 40.2 Å². The zero-order valence-corrected chi connectivity index (χ0v) is 12.0. The van der Waals surface area contributed by atoms with Crippen LogP contribution in [0.15, 0.2) is 12.1 Å². The van der Waals surface area contributed by atoms with Gasteiger partial charge in [-0.05, 0) is 22.0 Å². The number of nitrogens with zero attached hydrogens (tertiary/aromatic N) is 2. The summed E-state index contributed by atoms with van der Waals surface area (Å²) in [7, 11) is 0. The van der Waals surface area contributed by atoms with E-state index in [9.17, 15) is 5.26 Å². The molecule has 0 fully saturated rings. The summed E-state index contributed by atoms with van der Waals surface area (Å²) in [5, 5.41) is 9.31. The molecule has 0 aromatic heterocycles. The molecule has 1 rings (SSSR count). The van der Waals surface area contributed by atoms with Crippen LogP contribution in [0, 0.1) is 17.9 Å². The molecule has 0 saturated carbocycles. The van der Waals surface area contributed by atoms with E-state index in [1.165, 1.54) is 0 Å². The predicted molar refractivity (Wildman–Crippen MR) is 74.8 cm³/mol. The maximum absolute atomic E-state index is 9.31. The van der Waals surface area contributed by atoms with Crippen molar-refractivity contribution in [1.29, 1.82) is 5.26 Å². The Morgan fingerprint density at radius 3 is 1.83 bits per heavy atom. The summed E-state index contributed by atoms with van der Waals surface area (Å²) >= 11 is 0. The Balaban J connectivity index is 3.66. The van der Waals surface area contributed by atoms with Crippen LogP contribution in [0.3, 0.4) is 0 Å². The Hall–Kier alpha value is -1.80. The minimum atomic E-state index is -0.124. The van der Waals surface area contributed by atoms with Crippen LogP contribution >= 0.6 is 0 Å². The molecule has 1 aromatic rings. The lowest BCUT2D eigenvalue weighted by molar-refractivity contribution is 0.577. The van der Waals surface area contributed by atoms with Crippen LogP contribution < -0.4 is 0 Å². The van der Waals surface area contributed by atoms with E-state index in [2.05, 4.69) is 52.5 Å². The molecule has 0 aliphatic carbocycles. The van der Waals surface area contributed by atoms with Crippen molar-refractivity contribution >= 4 is 5.69 Å². The minimum Gasteiger partial charge on any atom is -0.238 e. The highest BCUT2D eigenvalue weighted by Crippen LogP contribution is 2.37. The van der Waals surface area contributed by atoms with E-state index in [0.717, 1.165) is 11.1 Å². The number of hydrogen-bond donors (Lipinski definition) is 0. The highest BCUT2D eigenvalue weighted by Gasteiger charge is 2.24. The molecule has 0 radical (unpaired) electrons. The molecular formula is C16H20N2. The van der Waals surface area contributed by atoms with Gasteiger partial charge in [0.05, 0.1) is 18.2 Å². The Bertz CT molecular complexity index is 489. The fraction of sp³-hybridized carbons (Fsp3) is 0.500. The second-order valence-electron chi connectivity index (χ2n) is 6.64. The van der Waals surface area contributed by atoms with Crippen LogP contribution in [0.2, 0.25) is 0 Å². The van der Waals surface area contributed by atoms with Crippen LogP contribution in [0.4, 0.5) is 5.69 Å². The van der Waals surface area contributed by atoms with E-state index >= 15 is 0 Å². The Labute approximate surface area is 110 Å². The molecule has 0 N–H and O–H groups in total. The number of nitriles is 1. The summed E-state index contributed by atoms with van der Waals surface area (Å²) in [5.74, 6) is 0. The van der Waals surface area contributed by atoms with Crippen LogP contribution in [0.5, 0.6) is 0 Å². The molecule has 1 aromatic carbocycles. The maximum Gasteiger partial charge on any atom is 0.191 e. The van der Waals surface area contributed by atoms with Gasteiger partial charge in [0.2, 0.25) is 0 Å². The highest BCUT2D eigenvalue weighted by molar-refractivity contribution is 5.62. The van der Waals surface area contributed by atoms with Gasteiger partial charge in [-0.2, -0.15) is 5.26 Å². The second-order valence-corrected chi connectivity index (χ2v) is 6.64. The molecule has 2 nitrogen and oxygen atoms in total. The number of hydrogen-bond acceptors (Lipinski definition) is 1. The van der Waals surface area contributed by atoms with Crippen molar-refractivity contribution in [3.8, 4) is 6.07 Å². The molecule has 0 aliphatic rings. The van der Waals surface area contributed by atoms with Crippen LogP contribution in [-0.2, 0) is 10.8 Å². The first-order valence-corrected chi connectivity index (χ1v) is 6.08. The Morgan fingerprint density at radius 2 is 1.50 bits per heavy atom. The van der Waals surface area contributed by atoms with Gasteiger partial charge in [0.25, 0.3) is 0 Å². The summed E-state index contributed by atoms with van der Waals surface area (Å²) in [5.41, 5.74) is 2.99. The van der Waals surface area contributed by atoms with Crippen molar-refractivity contribution in [1.82, 2.24) is 0 Å². The van der Waals surface area contributed by atoms with Gasteiger partial charge in [0.1, 0.15) is 0 Å². The lowest BCUT2D eigenvalue weighted by Crippen LogP contribution is -2.17. The fourth-order valence-corrected chi connectivity index (χ4v) is 1.99. The third-order valence-corrected chi connectivity index (χ3v) is 2.99. The van der Waals surface area contributed by atoms with Gasteiger partial charge in [0, 0.05) is 0 Å². The first kappa shape index (κ1) is 14.3. The predicted octanol–water partition coefficient (Wildman–Crippen LogP) is 4.70. The SMILES string of the molecule is [C-]#[N+]c1cc(C(C)(C)C)c(C#N)cc1C(C)(C)C. The van der Waals surface area contributed by atoms with E-state index in [1.54, 1.807) is 0 Å². The van der Waals surface area contributed by atoms with E-state index in [4.69, 9.17) is 6.57 Å². The average Bonchev–Trinajstić information content (AvgIpc) is 2.24. The van der Waals surface area contributed by atoms with Gasteiger partial charge in [0.15, 0.2) is 5.69 Å². The van der Waals surface area contributed by atoms with Crippen LogP contribution in [0.1, 0.15) is 58.2 Å². The molecular weight excluding hydrogens is 220 g/mol. The lowest BCUT2D eigenvalue weighted by Gasteiger charge is -2.26. The van der Waals surface area contributed by atoms with E-state index in [0.29, 0.717) is 11.3 Å². The summed E-state index contributed by atoms with van der Waals surface area (Å²) < 4.78 is 0. The molecule has 0 amide bonds. The zero-order valence-electron chi connectivity index (χ0n) is 12.0. The zero-order chi connectivity index (χ0) is 14.1. The summed E-state index contributed by atoms with van der Waals surface area (Å²) in [6.07, 6.45) is 0. The molecule has 0 unspecified atom stereocenters. The first-order valence-electron chi connectivity index (χ1n) is 6.08. The van der Waals surface area contributed by atoms with Crippen molar-refractivity contribution < 1.29 is 0 Å². The van der Waals surface area contributed by atoms with Crippen molar-refractivity contribution in [2.24, 2.45) is 0 Å². The monoisotopic (exact) mass is 240 g/mol. The quantitative estimate of drug-likeness (QED) is 0.604. The van der Waals surface area contributed by atoms with E-state index in [1.807, 2.05) is 12.1 Å². The fourth-order valence-electron chi connectivity index (χ4n) is 1.99. The molecule has 0 heterocycles. The molecule has 0 bridgehead atoms. The van der Waals surface area contributed by atoms with Gasteiger partial charge < -0.3 is 0 Å². The Morgan fingerprint density at radius 1 is 1.00 bits per heavy atom. The minimum absolute atomic E-state index is 0.123. The normalized spacial score (nSPS) is 11.8. The van der Waals surface area contributed by atoms with Crippen molar-refractivity contribution in [2.45, 2.75) is 52.4 Å². The molecule has 0 atom stereocenters. The third kappa shape index (κ3) is 2.71. The standard InChI is InChI=1S/C16H20N2/c1-15(2,3)12-9-14(18-7)13(16(4,5)6)8-11(12)10-17/h8-9H,1-6H3. The largest absolute Gasteiger partial charge is 0.238 e. The molecule has 0 aliphatic heterocycles. The van der Waals surface area contributed by atoms with Gasteiger partial charge >= 0.3 is 0 Å². The third-order valence-electron chi connectivity index (χ3n) is 2.99. The summed E-state index contributed by atoms with van der Waals surface area (Å²) in [6.45, 7) is 19.7. The Kier molecular flexibility index (Phi) is 3.54. The average molecular weight is 240 g/mol. The second kappa shape index (κ2) is 4.46. The van der Waals surface area contributed by atoms with Crippen molar-refractivity contribution in [2.75, 3.05) is 0 Å². The van der Waals surface area contributed by atoms with Gasteiger partial charge in [-0.1, -0.05) is 53.7 Å². The van der Waals surface area contributed by atoms with Gasteiger partial charge in [-0.3, -0.25) is 0 Å². The molecule has 2 heteroatoms. The van der Waals surface area contributed by atoms with Crippen LogP contribution in [0.25, 0.3) is 4.85 Å². The molecule has 0 saturated heterocycles. The molecule has 0 spiro atoms. The van der Waals surface area contributed by atoms with Gasteiger partial charge in [-0.25, -0.2) is 4.85 Å². The molecule has 94 valence electrons. The summed E-state index contributed by atoms with van der Waals surface area (Å²) in [6, 6.07) is 6.03. The number of rotatable bonds is 0.